The van der Waals surface area contributed by atoms with Crippen LogP contribution in [0.25, 0.3) is 16.6 Å². The smallest absolute Gasteiger partial charge is 0.274 e. The number of aromatic amines is 1. The Labute approximate surface area is 122 Å². The zero-order chi connectivity index (χ0) is 15.0. The molecule has 0 aliphatic heterocycles. The largest absolute Gasteiger partial charge is 0.320 e. The first-order valence-corrected chi connectivity index (χ1v) is 6.74. The van der Waals surface area contributed by atoms with E-state index in [2.05, 4.69) is 15.3 Å². The second kappa shape index (κ2) is 5.14. The number of H-pyrrole nitrogens is 1. The molecule has 0 saturated carbocycles. The van der Waals surface area contributed by atoms with Crippen molar-refractivity contribution in [2.45, 2.75) is 13.5 Å². The summed E-state index contributed by atoms with van der Waals surface area (Å²) in [6.45, 7) is 2.62. The van der Waals surface area contributed by atoms with Crippen molar-refractivity contribution >= 4 is 10.9 Å². The predicted octanol–water partition coefficient (Wildman–Crippen LogP) is 1.48. The summed E-state index contributed by atoms with van der Waals surface area (Å²) in [6, 6.07) is 7.74. The van der Waals surface area contributed by atoms with Gasteiger partial charge in [-0.25, -0.2) is 4.68 Å². The zero-order valence-electron chi connectivity index (χ0n) is 12.3. The summed E-state index contributed by atoms with van der Waals surface area (Å²) in [5.41, 5.74) is 2.92. The van der Waals surface area contributed by atoms with Crippen molar-refractivity contribution in [3.05, 3.63) is 52.1 Å². The van der Waals surface area contributed by atoms with Crippen molar-refractivity contribution in [3.63, 3.8) is 0 Å². The molecule has 0 saturated heterocycles. The van der Waals surface area contributed by atoms with Crippen LogP contribution in [0, 0.1) is 6.92 Å². The summed E-state index contributed by atoms with van der Waals surface area (Å²) in [4.78, 5) is 17.2. The molecule has 0 spiro atoms. The number of hydrogen-bond donors (Lipinski definition) is 1. The van der Waals surface area contributed by atoms with Crippen molar-refractivity contribution in [3.8, 4) is 5.69 Å². The molecule has 0 unspecified atom stereocenters. The molecule has 6 nitrogen and oxygen atoms in total. The van der Waals surface area contributed by atoms with E-state index in [9.17, 15) is 4.79 Å². The predicted molar refractivity (Wildman–Crippen MR) is 81.6 cm³/mol. The number of aromatic nitrogens is 4. The molecule has 108 valence electrons. The summed E-state index contributed by atoms with van der Waals surface area (Å²) in [5.74, 6) is 0. The van der Waals surface area contributed by atoms with Crippen molar-refractivity contribution in [2.75, 3.05) is 14.1 Å². The van der Waals surface area contributed by atoms with Crippen molar-refractivity contribution in [1.82, 2.24) is 24.9 Å². The van der Waals surface area contributed by atoms with Gasteiger partial charge in [0.05, 0.1) is 11.9 Å². The Morgan fingerprint density at radius 2 is 2.05 bits per heavy atom. The number of rotatable bonds is 3. The van der Waals surface area contributed by atoms with E-state index in [0.717, 1.165) is 22.2 Å². The third-order valence-electron chi connectivity index (χ3n) is 3.40. The third kappa shape index (κ3) is 2.45. The average Bonchev–Trinajstić information content (AvgIpc) is 2.86. The van der Waals surface area contributed by atoms with Crippen LogP contribution in [0.4, 0.5) is 0 Å². The number of pyridine rings is 1. The molecule has 2 heterocycles. The number of benzene rings is 1. The maximum atomic E-state index is 12.3. The van der Waals surface area contributed by atoms with Crippen molar-refractivity contribution < 1.29 is 0 Å². The molecular formula is C15H17N5O. The normalized spacial score (nSPS) is 11.4. The average molecular weight is 283 g/mol. The van der Waals surface area contributed by atoms with Crippen LogP contribution in [-0.4, -0.2) is 39.0 Å². The second-order valence-corrected chi connectivity index (χ2v) is 5.37. The number of nitrogens with zero attached hydrogens (tertiary/aromatic N) is 4. The Balaban J connectivity index is 2.16. The Hall–Kier alpha value is -2.47. The van der Waals surface area contributed by atoms with Gasteiger partial charge in [-0.15, -0.1) is 5.10 Å². The minimum Gasteiger partial charge on any atom is -0.320 e. The molecule has 1 aromatic carbocycles. The van der Waals surface area contributed by atoms with Crippen LogP contribution in [0.5, 0.6) is 0 Å². The lowest BCUT2D eigenvalue weighted by atomic mass is 10.1. The maximum absolute atomic E-state index is 12.3. The van der Waals surface area contributed by atoms with E-state index in [4.69, 9.17) is 0 Å². The number of aryl methyl sites for hydroxylation is 1. The monoisotopic (exact) mass is 283 g/mol. The van der Waals surface area contributed by atoms with Gasteiger partial charge in [-0.05, 0) is 32.6 Å². The molecule has 0 radical (unpaired) electrons. The molecule has 0 bridgehead atoms. The van der Waals surface area contributed by atoms with Gasteiger partial charge in [-0.2, -0.15) is 0 Å². The van der Waals surface area contributed by atoms with Crippen LogP contribution in [0.15, 0.2) is 35.3 Å². The molecule has 3 aromatic rings. The number of fused-ring (bicyclic) bond motifs is 1. The minimum absolute atomic E-state index is 0.160. The van der Waals surface area contributed by atoms with Gasteiger partial charge in [0.25, 0.3) is 5.56 Å². The third-order valence-corrected chi connectivity index (χ3v) is 3.40. The van der Waals surface area contributed by atoms with Crippen LogP contribution < -0.4 is 5.56 Å². The lowest BCUT2D eigenvalue weighted by molar-refractivity contribution is 0.396. The molecule has 0 fully saturated rings. The van der Waals surface area contributed by atoms with E-state index in [-0.39, 0.29) is 5.56 Å². The second-order valence-electron chi connectivity index (χ2n) is 5.37. The number of hydrogen-bond acceptors (Lipinski definition) is 4. The molecular weight excluding hydrogens is 266 g/mol. The highest BCUT2D eigenvalue weighted by Crippen LogP contribution is 2.19. The van der Waals surface area contributed by atoms with Gasteiger partial charge in [0.15, 0.2) is 0 Å². The Bertz CT molecular complexity index is 847. The minimum atomic E-state index is -0.160. The van der Waals surface area contributed by atoms with Gasteiger partial charge < -0.3 is 9.88 Å². The fourth-order valence-electron chi connectivity index (χ4n) is 2.48. The van der Waals surface area contributed by atoms with E-state index < -0.39 is 0 Å². The highest BCUT2D eigenvalue weighted by Gasteiger charge is 2.13. The summed E-state index contributed by atoms with van der Waals surface area (Å²) >= 11 is 0. The highest BCUT2D eigenvalue weighted by molar-refractivity contribution is 5.84. The van der Waals surface area contributed by atoms with Crippen LogP contribution >= 0.6 is 0 Å². The van der Waals surface area contributed by atoms with Crippen LogP contribution in [0.1, 0.15) is 11.3 Å². The quantitative estimate of drug-likeness (QED) is 0.790. The standard InChI is InChI=1S/C15H17N5O/c1-10-12-6-4-5-7-13(12)16-15(21)14(10)20-9-11(17-18-20)8-19(2)3/h4-7,9H,8H2,1-3H3,(H,16,21). The molecule has 1 N–H and O–H groups in total. The Kier molecular flexibility index (Phi) is 3.31. The zero-order valence-corrected chi connectivity index (χ0v) is 12.3. The number of para-hydroxylation sites is 1. The lowest BCUT2D eigenvalue weighted by Gasteiger charge is -2.08. The van der Waals surface area contributed by atoms with Gasteiger partial charge in [-0.1, -0.05) is 23.4 Å². The van der Waals surface area contributed by atoms with Crippen molar-refractivity contribution in [2.24, 2.45) is 0 Å². The van der Waals surface area contributed by atoms with E-state index >= 15 is 0 Å². The SMILES string of the molecule is Cc1c(-n2cc(CN(C)C)nn2)c(=O)[nH]c2ccccc12. The Morgan fingerprint density at radius 3 is 2.81 bits per heavy atom. The lowest BCUT2D eigenvalue weighted by Crippen LogP contribution is -2.17. The number of nitrogens with one attached hydrogen (secondary N) is 1. The van der Waals surface area contributed by atoms with Crippen LogP contribution in [0.3, 0.4) is 0 Å². The first-order chi connectivity index (χ1) is 10.1. The topological polar surface area (TPSA) is 66.8 Å². The maximum Gasteiger partial charge on any atom is 0.274 e. The van der Waals surface area contributed by atoms with Gasteiger partial charge in [0, 0.05) is 17.4 Å². The summed E-state index contributed by atoms with van der Waals surface area (Å²) in [5, 5.41) is 9.21. The molecule has 0 aliphatic carbocycles. The summed E-state index contributed by atoms with van der Waals surface area (Å²) in [7, 11) is 3.93. The summed E-state index contributed by atoms with van der Waals surface area (Å²) < 4.78 is 1.56. The molecule has 2 aromatic heterocycles. The summed E-state index contributed by atoms with van der Waals surface area (Å²) in [6.07, 6.45) is 1.80. The molecule has 21 heavy (non-hydrogen) atoms. The van der Waals surface area contributed by atoms with Gasteiger partial charge in [0.1, 0.15) is 5.69 Å². The van der Waals surface area contributed by atoms with E-state index in [1.807, 2.05) is 50.2 Å². The first kappa shape index (κ1) is 13.5. The fourth-order valence-corrected chi connectivity index (χ4v) is 2.48. The van der Waals surface area contributed by atoms with Crippen LogP contribution in [-0.2, 0) is 6.54 Å². The molecule has 0 aliphatic rings. The van der Waals surface area contributed by atoms with Gasteiger partial charge in [0.2, 0.25) is 0 Å². The molecule has 0 amide bonds. The van der Waals surface area contributed by atoms with Gasteiger partial charge >= 0.3 is 0 Å². The Morgan fingerprint density at radius 1 is 1.29 bits per heavy atom. The van der Waals surface area contributed by atoms with Crippen molar-refractivity contribution in [1.29, 1.82) is 0 Å². The molecule has 3 rings (SSSR count). The first-order valence-electron chi connectivity index (χ1n) is 6.74. The molecule has 0 atom stereocenters. The van der Waals surface area contributed by atoms with E-state index in [0.29, 0.717) is 12.2 Å². The molecule has 6 heteroatoms. The highest BCUT2D eigenvalue weighted by atomic mass is 16.1. The fraction of sp³-hybridized carbons (Fsp3) is 0.267. The van der Waals surface area contributed by atoms with Crippen LogP contribution in [0.2, 0.25) is 0 Å². The van der Waals surface area contributed by atoms with E-state index in [1.165, 1.54) is 0 Å². The van der Waals surface area contributed by atoms with E-state index in [1.54, 1.807) is 10.9 Å². The van der Waals surface area contributed by atoms with Gasteiger partial charge in [-0.3, -0.25) is 4.79 Å².